The minimum absolute atomic E-state index is 0.0242. The van der Waals surface area contributed by atoms with Crippen LogP contribution in [0.4, 0.5) is 13.2 Å². The Bertz CT molecular complexity index is 635. The smallest absolute Gasteiger partial charge is 0.340 e. The fraction of sp³-hybridized carbons (Fsp3) is 0.529. The fourth-order valence-corrected chi connectivity index (χ4v) is 2.87. The number of piperidine rings is 1. The Morgan fingerprint density at radius 2 is 1.92 bits per heavy atom. The number of nitrogens with zero attached hydrogens (tertiary/aromatic N) is 1. The third-order valence-electron chi connectivity index (χ3n) is 4.11. The van der Waals surface area contributed by atoms with E-state index in [0.29, 0.717) is 19.4 Å². The number of rotatable bonds is 3. The van der Waals surface area contributed by atoms with E-state index in [0.717, 1.165) is 12.1 Å². The van der Waals surface area contributed by atoms with Gasteiger partial charge in [0.15, 0.2) is 5.78 Å². The molecule has 0 aliphatic carbocycles. The highest BCUT2D eigenvalue weighted by atomic mass is 19.4. The van der Waals surface area contributed by atoms with E-state index in [4.69, 9.17) is 5.73 Å². The summed E-state index contributed by atoms with van der Waals surface area (Å²) in [7, 11) is 0. The molecule has 1 heterocycles. The van der Waals surface area contributed by atoms with Gasteiger partial charge in [0.25, 0.3) is 0 Å². The monoisotopic (exact) mass is 342 g/mol. The predicted octanol–water partition coefficient (Wildman–Crippen LogP) is 2.86. The number of hydrogen-bond donors (Lipinski definition) is 1. The van der Waals surface area contributed by atoms with Gasteiger partial charge in [0.05, 0.1) is 11.1 Å². The van der Waals surface area contributed by atoms with E-state index in [-0.39, 0.29) is 23.8 Å². The summed E-state index contributed by atoms with van der Waals surface area (Å²) in [5.74, 6) is -1.13. The molecule has 1 aliphatic rings. The van der Waals surface area contributed by atoms with E-state index in [1.54, 1.807) is 13.8 Å². The molecule has 0 saturated carbocycles. The fourth-order valence-electron chi connectivity index (χ4n) is 2.87. The molecule has 24 heavy (non-hydrogen) atoms. The van der Waals surface area contributed by atoms with E-state index in [1.807, 2.05) is 0 Å². The zero-order chi connectivity index (χ0) is 18.1. The third-order valence-corrected chi connectivity index (χ3v) is 4.11. The van der Waals surface area contributed by atoms with Gasteiger partial charge in [-0.2, -0.15) is 13.2 Å². The Morgan fingerprint density at radius 3 is 2.50 bits per heavy atom. The molecule has 7 heteroatoms. The highest BCUT2D eigenvalue weighted by Gasteiger charge is 2.35. The number of Topliss-reactive ketones (excluding diaryl/α,β-unsaturated/α-hetero) is 1. The van der Waals surface area contributed by atoms with Gasteiger partial charge in [0.1, 0.15) is 0 Å². The Labute approximate surface area is 138 Å². The van der Waals surface area contributed by atoms with Gasteiger partial charge in [0, 0.05) is 24.6 Å². The molecule has 1 aromatic carbocycles. The number of likely N-dealkylation sites (tertiary alicyclic amines) is 1. The minimum Gasteiger partial charge on any atom is -0.340 e. The molecule has 1 amide bonds. The molecule has 1 aromatic rings. The number of nitrogens with two attached hydrogens (primary N) is 1. The Balaban J connectivity index is 2.17. The van der Waals surface area contributed by atoms with Crippen LogP contribution in [0.1, 0.15) is 42.6 Å². The lowest BCUT2D eigenvalue weighted by Gasteiger charge is -2.35. The summed E-state index contributed by atoms with van der Waals surface area (Å²) < 4.78 is 38.4. The van der Waals surface area contributed by atoms with Gasteiger partial charge in [-0.25, -0.2) is 0 Å². The van der Waals surface area contributed by atoms with Gasteiger partial charge in [-0.15, -0.1) is 0 Å². The summed E-state index contributed by atoms with van der Waals surface area (Å²) in [6.07, 6.45) is -3.32. The zero-order valence-corrected chi connectivity index (χ0v) is 13.7. The lowest BCUT2D eigenvalue weighted by Crippen LogP contribution is -2.54. The van der Waals surface area contributed by atoms with Crippen LogP contribution in [0.5, 0.6) is 0 Å². The predicted molar refractivity (Wildman–Crippen MR) is 83.3 cm³/mol. The number of carbonyl (C=O) groups is 2. The van der Waals surface area contributed by atoms with Crippen LogP contribution in [0.2, 0.25) is 0 Å². The second-order valence-corrected chi connectivity index (χ2v) is 6.75. The summed E-state index contributed by atoms with van der Waals surface area (Å²) >= 11 is 0. The van der Waals surface area contributed by atoms with Crippen molar-refractivity contribution in [1.82, 2.24) is 4.90 Å². The number of hydrogen-bond acceptors (Lipinski definition) is 3. The van der Waals surface area contributed by atoms with E-state index in [9.17, 15) is 22.8 Å². The maximum atomic E-state index is 12.8. The molecule has 132 valence electrons. The van der Waals surface area contributed by atoms with E-state index >= 15 is 0 Å². The summed E-state index contributed by atoms with van der Waals surface area (Å²) in [5, 5.41) is 0. The van der Waals surface area contributed by atoms with Crippen LogP contribution in [-0.2, 0) is 11.0 Å². The van der Waals surface area contributed by atoms with Gasteiger partial charge >= 0.3 is 6.18 Å². The quantitative estimate of drug-likeness (QED) is 0.859. The molecule has 2 rings (SSSR count). The lowest BCUT2D eigenvalue weighted by atomic mass is 9.88. The second-order valence-electron chi connectivity index (χ2n) is 6.75. The van der Waals surface area contributed by atoms with Gasteiger partial charge < -0.3 is 10.6 Å². The first-order chi connectivity index (χ1) is 11.0. The van der Waals surface area contributed by atoms with Crippen molar-refractivity contribution in [3.63, 3.8) is 0 Å². The lowest BCUT2D eigenvalue weighted by molar-refractivity contribution is -0.138. The zero-order valence-electron chi connectivity index (χ0n) is 13.7. The molecule has 1 saturated heterocycles. The third kappa shape index (κ3) is 4.14. The van der Waals surface area contributed by atoms with E-state index in [1.165, 1.54) is 17.0 Å². The maximum Gasteiger partial charge on any atom is 0.416 e. The summed E-state index contributed by atoms with van der Waals surface area (Å²) in [6.45, 7) is 3.88. The largest absolute Gasteiger partial charge is 0.416 e. The highest BCUT2D eigenvalue weighted by molar-refractivity contribution is 5.98. The molecule has 1 fully saturated rings. The topological polar surface area (TPSA) is 63.4 Å². The van der Waals surface area contributed by atoms with Crippen LogP contribution in [0, 0.1) is 5.92 Å². The molecule has 0 aromatic heterocycles. The van der Waals surface area contributed by atoms with Gasteiger partial charge in [-0.1, -0.05) is 12.1 Å². The van der Waals surface area contributed by atoms with Gasteiger partial charge in [-0.05, 0) is 38.8 Å². The second kappa shape index (κ2) is 6.55. The van der Waals surface area contributed by atoms with Crippen molar-refractivity contribution < 1.29 is 22.8 Å². The summed E-state index contributed by atoms with van der Waals surface area (Å²) in [4.78, 5) is 26.3. The Morgan fingerprint density at radius 1 is 1.25 bits per heavy atom. The standard InChI is InChI=1S/C17H21F3N2O2/c1-16(2,21)15(24)22-8-4-6-12(10-22)14(23)11-5-3-7-13(9-11)17(18,19)20/h3,5,7,9,12H,4,6,8,10,21H2,1-2H3/t12-/m1/s1. The molecular weight excluding hydrogens is 321 g/mol. The molecule has 0 spiro atoms. The van der Waals surface area contributed by atoms with Crippen molar-refractivity contribution in [3.8, 4) is 0 Å². The molecule has 2 N–H and O–H groups in total. The molecule has 0 bridgehead atoms. The number of halogens is 3. The molecule has 1 atom stereocenters. The van der Waals surface area contributed by atoms with Crippen molar-refractivity contribution >= 4 is 11.7 Å². The van der Waals surface area contributed by atoms with Crippen LogP contribution in [-0.4, -0.2) is 35.2 Å². The van der Waals surface area contributed by atoms with Gasteiger partial charge in [0.2, 0.25) is 5.91 Å². The van der Waals surface area contributed by atoms with Crippen LogP contribution >= 0.6 is 0 Å². The first-order valence-electron chi connectivity index (χ1n) is 7.80. The molecule has 1 aliphatic heterocycles. The Kier molecular flexibility index (Phi) is 5.03. The van der Waals surface area contributed by atoms with Crippen molar-refractivity contribution in [2.24, 2.45) is 11.7 Å². The molecular formula is C17H21F3N2O2. The van der Waals surface area contributed by atoms with E-state index < -0.39 is 23.2 Å². The normalized spacial score (nSPS) is 19.2. The van der Waals surface area contributed by atoms with Crippen molar-refractivity contribution in [2.75, 3.05) is 13.1 Å². The average molecular weight is 342 g/mol. The molecule has 0 radical (unpaired) electrons. The minimum atomic E-state index is -4.49. The number of amides is 1. The van der Waals surface area contributed by atoms with Crippen molar-refractivity contribution in [2.45, 2.75) is 38.4 Å². The maximum absolute atomic E-state index is 12.8. The van der Waals surface area contributed by atoms with Crippen molar-refractivity contribution in [3.05, 3.63) is 35.4 Å². The number of carbonyl (C=O) groups excluding carboxylic acids is 2. The van der Waals surface area contributed by atoms with Crippen molar-refractivity contribution in [1.29, 1.82) is 0 Å². The average Bonchev–Trinajstić information content (AvgIpc) is 2.52. The summed E-state index contributed by atoms with van der Waals surface area (Å²) in [6, 6.07) is 4.41. The van der Waals surface area contributed by atoms with E-state index in [2.05, 4.69) is 0 Å². The van der Waals surface area contributed by atoms with Crippen LogP contribution < -0.4 is 5.73 Å². The highest BCUT2D eigenvalue weighted by Crippen LogP contribution is 2.31. The van der Waals surface area contributed by atoms with Gasteiger partial charge in [-0.3, -0.25) is 9.59 Å². The van der Waals surface area contributed by atoms with Crippen LogP contribution in [0.3, 0.4) is 0 Å². The van der Waals surface area contributed by atoms with Crippen LogP contribution in [0.25, 0.3) is 0 Å². The van der Waals surface area contributed by atoms with Crippen LogP contribution in [0.15, 0.2) is 24.3 Å². The Hall–Kier alpha value is -1.89. The number of ketones is 1. The first-order valence-corrected chi connectivity index (χ1v) is 7.80. The molecule has 0 unspecified atom stereocenters. The SMILES string of the molecule is CC(C)(N)C(=O)N1CCC[C@@H](C(=O)c2cccc(C(F)(F)F)c2)C1. The number of alkyl halides is 3. The first kappa shape index (κ1) is 18.4. The number of benzene rings is 1. The molecule has 4 nitrogen and oxygen atoms in total. The summed E-state index contributed by atoms with van der Waals surface area (Å²) in [5.41, 5.74) is 3.95.